The Hall–Kier alpha value is -1.14. The Kier molecular flexibility index (Phi) is 7.16. The zero-order valence-electron chi connectivity index (χ0n) is 13.6. The van der Waals surface area contributed by atoms with E-state index in [0.717, 1.165) is 0 Å². The first-order valence-corrected chi connectivity index (χ1v) is 6.83. The molecule has 6 nitrogen and oxygen atoms in total. The number of nitrogens with zero attached hydrogens (tertiary/aromatic N) is 1. The Labute approximate surface area is 121 Å². The molecule has 20 heavy (non-hydrogen) atoms. The maximum absolute atomic E-state index is 12.1. The van der Waals surface area contributed by atoms with E-state index in [0.29, 0.717) is 6.73 Å². The minimum atomic E-state index is -1.02. The second-order valence-corrected chi connectivity index (χ2v) is 6.39. The van der Waals surface area contributed by atoms with Gasteiger partial charge in [-0.3, -0.25) is 9.69 Å². The molecule has 2 atom stereocenters. The standard InChI is InChI=1S/C14H28N2O4/c1-9(2)11(13(18)19)15-12(17)10(3)16(7)8-20-14(4,5)6/h9-11H,8H2,1-7H3,(H,15,17)(H,18,19). The number of amides is 1. The van der Waals surface area contributed by atoms with Crippen molar-refractivity contribution in [2.45, 2.75) is 59.2 Å². The molecule has 0 spiro atoms. The van der Waals surface area contributed by atoms with E-state index in [-0.39, 0.29) is 17.4 Å². The summed E-state index contributed by atoms with van der Waals surface area (Å²) >= 11 is 0. The fourth-order valence-corrected chi connectivity index (χ4v) is 1.39. The van der Waals surface area contributed by atoms with Crippen LogP contribution in [0.15, 0.2) is 0 Å². The summed E-state index contributed by atoms with van der Waals surface area (Å²) in [6, 6.07) is -1.33. The van der Waals surface area contributed by atoms with Crippen LogP contribution in [0.5, 0.6) is 0 Å². The topological polar surface area (TPSA) is 78.9 Å². The van der Waals surface area contributed by atoms with Crippen LogP contribution in [0.25, 0.3) is 0 Å². The van der Waals surface area contributed by atoms with Gasteiger partial charge in [0.25, 0.3) is 0 Å². The second kappa shape index (κ2) is 7.59. The molecule has 0 heterocycles. The van der Waals surface area contributed by atoms with E-state index in [1.165, 1.54) is 0 Å². The van der Waals surface area contributed by atoms with Crippen molar-refractivity contribution in [3.63, 3.8) is 0 Å². The van der Waals surface area contributed by atoms with Crippen molar-refractivity contribution in [1.82, 2.24) is 10.2 Å². The molecular formula is C14H28N2O4. The van der Waals surface area contributed by atoms with Crippen molar-refractivity contribution in [2.75, 3.05) is 13.8 Å². The third-order valence-corrected chi connectivity index (χ3v) is 2.97. The maximum Gasteiger partial charge on any atom is 0.326 e. The molecule has 0 radical (unpaired) electrons. The Morgan fingerprint density at radius 3 is 2.10 bits per heavy atom. The van der Waals surface area contributed by atoms with Crippen LogP contribution in [-0.4, -0.2) is 53.3 Å². The van der Waals surface area contributed by atoms with Gasteiger partial charge in [-0.25, -0.2) is 4.79 Å². The summed E-state index contributed by atoms with van der Waals surface area (Å²) < 4.78 is 5.59. The van der Waals surface area contributed by atoms with Crippen LogP contribution in [0.1, 0.15) is 41.5 Å². The van der Waals surface area contributed by atoms with Crippen LogP contribution in [0, 0.1) is 5.92 Å². The van der Waals surface area contributed by atoms with E-state index >= 15 is 0 Å². The predicted molar refractivity (Wildman–Crippen MR) is 77.3 cm³/mol. The van der Waals surface area contributed by atoms with E-state index in [4.69, 9.17) is 9.84 Å². The SMILES string of the molecule is CC(C)C(NC(=O)C(C)N(C)COC(C)(C)C)C(=O)O. The van der Waals surface area contributed by atoms with Crippen molar-refractivity contribution in [2.24, 2.45) is 5.92 Å². The molecule has 0 bridgehead atoms. The number of nitrogens with one attached hydrogen (secondary N) is 1. The summed E-state index contributed by atoms with van der Waals surface area (Å²) in [5, 5.41) is 11.6. The van der Waals surface area contributed by atoms with Gasteiger partial charge in [0.1, 0.15) is 12.8 Å². The summed E-state index contributed by atoms with van der Waals surface area (Å²) in [6.07, 6.45) is 0. The molecule has 118 valence electrons. The Morgan fingerprint density at radius 1 is 1.25 bits per heavy atom. The van der Waals surface area contributed by atoms with Crippen molar-refractivity contribution in [3.8, 4) is 0 Å². The molecule has 0 aliphatic carbocycles. The lowest BCUT2D eigenvalue weighted by Gasteiger charge is -2.29. The maximum atomic E-state index is 12.1. The van der Waals surface area contributed by atoms with Gasteiger partial charge in [-0.2, -0.15) is 0 Å². The monoisotopic (exact) mass is 288 g/mol. The highest BCUT2D eigenvalue weighted by Gasteiger charge is 2.27. The molecule has 0 saturated heterocycles. The molecule has 1 amide bonds. The fourth-order valence-electron chi connectivity index (χ4n) is 1.39. The smallest absolute Gasteiger partial charge is 0.326 e. The molecule has 6 heteroatoms. The van der Waals surface area contributed by atoms with Gasteiger partial charge in [0.05, 0.1) is 11.6 Å². The number of hydrogen-bond acceptors (Lipinski definition) is 4. The Morgan fingerprint density at radius 2 is 1.75 bits per heavy atom. The van der Waals surface area contributed by atoms with Crippen LogP contribution >= 0.6 is 0 Å². The number of aliphatic carboxylic acids is 1. The predicted octanol–water partition coefficient (Wildman–Crippen LogP) is 1.30. The van der Waals surface area contributed by atoms with Gasteiger partial charge in [0, 0.05) is 0 Å². The number of rotatable bonds is 7. The molecule has 0 aromatic rings. The Balaban J connectivity index is 4.49. The molecule has 0 fully saturated rings. The first kappa shape index (κ1) is 18.9. The lowest BCUT2D eigenvalue weighted by atomic mass is 10.0. The normalized spacial score (nSPS) is 15.2. The van der Waals surface area contributed by atoms with E-state index in [1.54, 1.807) is 32.7 Å². The average molecular weight is 288 g/mol. The number of carboxylic acids is 1. The van der Waals surface area contributed by atoms with Crippen LogP contribution in [0.3, 0.4) is 0 Å². The first-order chi connectivity index (χ1) is 8.95. The van der Waals surface area contributed by atoms with Gasteiger partial charge in [0.2, 0.25) is 5.91 Å². The van der Waals surface area contributed by atoms with Gasteiger partial charge >= 0.3 is 5.97 Å². The van der Waals surface area contributed by atoms with Gasteiger partial charge < -0.3 is 15.2 Å². The summed E-state index contributed by atoms with van der Waals surface area (Å²) in [7, 11) is 1.77. The zero-order chi connectivity index (χ0) is 16.1. The van der Waals surface area contributed by atoms with Gasteiger partial charge in [-0.05, 0) is 40.7 Å². The van der Waals surface area contributed by atoms with Crippen LogP contribution < -0.4 is 5.32 Å². The number of carbonyl (C=O) groups excluding carboxylic acids is 1. The first-order valence-electron chi connectivity index (χ1n) is 6.83. The zero-order valence-corrected chi connectivity index (χ0v) is 13.6. The summed E-state index contributed by atoms with van der Waals surface area (Å²) in [6.45, 7) is 11.4. The number of carboxylic acid groups (broad SMARTS) is 1. The molecule has 0 aliphatic heterocycles. The van der Waals surface area contributed by atoms with E-state index < -0.39 is 18.1 Å². The number of ether oxygens (including phenoxy) is 1. The third kappa shape index (κ3) is 6.86. The number of hydrogen-bond donors (Lipinski definition) is 2. The molecule has 0 aliphatic rings. The lowest BCUT2D eigenvalue weighted by molar-refractivity contribution is -0.144. The van der Waals surface area contributed by atoms with Gasteiger partial charge in [-0.1, -0.05) is 13.8 Å². The van der Waals surface area contributed by atoms with Crippen LogP contribution in [0.2, 0.25) is 0 Å². The average Bonchev–Trinajstić information content (AvgIpc) is 2.29. The van der Waals surface area contributed by atoms with Crippen LogP contribution in [-0.2, 0) is 14.3 Å². The van der Waals surface area contributed by atoms with E-state index in [2.05, 4.69) is 5.32 Å². The fraction of sp³-hybridized carbons (Fsp3) is 0.857. The van der Waals surface area contributed by atoms with E-state index in [9.17, 15) is 9.59 Å². The summed E-state index contributed by atoms with van der Waals surface area (Å²) in [5.41, 5.74) is -0.286. The highest BCUT2D eigenvalue weighted by atomic mass is 16.5. The molecule has 0 rings (SSSR count). The second-order valence-electron chi connectivity index (χ2n) is 6.39. The molecule has 0 aromatic heterocycles. The minimum Gasteiger partial charge on any atom is -0.480 e. The third-order valence-electron chi connectivity index (χ3n) is 2.97. The molecule has 0 aromatic carbocycles. The van der Waals surface area contributed by atoms with Crippen molar-refractivity contribution >= 4 is 11.9 Å². The number of carbonyl (C=O) groups is 2. The quantitative estimate of drug-likeness (QED) is 0.690. The molecule has 2 unspecified atom stereocenters. The summed E-state index contributed by atoms with van der Waals surface area (Å²) in [4.78, 5) is 24.9. The highest BCUT2D eigenvalue weighted by Crippen LogP contribution is 2.09. The number of likely N-dealkylation sites (N-methyl/N-ethyl adjacent to an activating group) is 1. The highest BCUT2D eigenvalue weighted by molar-refractivity contribution is 5.86. The molecule has 0 saturated carbocycles. The lowest BCUT2D eigenvalue weighted by Crippen LogP contribution is -2.52. The Bertz CT molecular complexity index is 337. The minimum absolute atomic E-state index is 0.167. The van der Waals surface area contributed by atoms with Crippen molar-refractivity contribution < 1.29 is 19.4 Å². The van der Waals surface area contributed by atoms with Crippen molar-refractivity contribution in [1.29, 1.82) is 0 Å². The van der Waals surface area contributed by atoms with Crippen molar-refractivity contribution in [3.05, 3.63) is 0 Å². The van der Waals surface area contributed by atoms with Crippen LogP contribution in [0.4, 0.5) is 0 Å². The van der Waals surface area contributed by atoms with E-state index in [1.807, 2.05) is 20.8 Å². The van der Waals surface area contributed by atoms with Gasteiger partial charge in [-0.15, -0.1) is 0 Å². The summed E-state index contributed by atoms with van der Waals surface area (Å²) in [5.74, 6) is -1.50. The largest absolute Gasteiger partial charge is 0.480 e. The molecular weight excluding hydrogens is 260 g/mol. The van der Waals surface area contributed by atoms with Gasteiger partial charge in [0.15, 0.2) is 0 Å². The molecule has 2 N–H and O–H groups in total.